The van der Waals surface area contributed by atoms with Crippen molar-refractivity contribution < 1.29 is 4.79 Å². The Bertz CT molecular complexity index is 408. The number of carbonyl (C=O) groups is 1. The number of hydrogen-bond donors (Lipinski definition) is 0. The van der Waals surface area contributed by atoms with E-state index in [1.165, 1.54) is 0 Å². The maximum atomic E-state index is 12.4. The number of rotatable bonds is 2. The zero-order valence-corrected chi connectivity index (χ0v) is 11.5. The number of aromatic nitrogens is 1. The zero-order valence-electron chi connectivity index (χ0n) is 11.5. The quantitative estimate of drug-likeness (QED) is 0.803. The minimum Gasteiger partial charge on any atom is -0.336 e. The van der Waals surface area contributed by atoms with Gasteiger partial charge < -0.3 is 4.90 Å². The van der Waals surface area contributed by atoms with Gasteiger partial charge in [-0.2, -0.15) is 0 Å². The molecule has 1 amide bonds. The van der Waals surface area contributed by atoms with Gasteiger partial charge in [0, 0.05) is 30.5 Å². The van der Waals surface area contributed by atoms with Crippen LogP contribution in [0.1, 0.15) is 50.4 Å². The summed E-state index contributed by atoms with van der Waals surface area (Å²) in [5.41, 5.74) is 1.03. The molecule has 98 valence electrons. The summed E-state index contributed by atoms with van der Waals surface area (Å²) in [7, 11) is 0. The Labute approximate surface area is 109 Å². The number of amides is 1. The summed E-state index contributed by atoms with van der Waals surface area (Å²) in [6, 6.07) is 3.99. The summed E-state index contributed by atoms with van der Waals surface area (Å²) in [6.45, 7) is 7.60. The fourth-order valence-electron chi connectivity index (χ4n) is 2.68. The molecule has 18 heavy (non-hydrogen) atoms. The lowest BCUT2D eigenvalue weighted by atomic mass is 9.87. The van der Waals surface area contributed by atoms with Crippen molar-refractivity contribution in [3.05, 3.63) is 30.1 Å². The van der Waals surface area contributed by atoms with Crippen molar-refractivity contribution in [2.75, 3.05) is 6.54 Å². The van der Waals surface area contributed by atoms with Gasteiger partial charge in [0.2, 0.25) is 0 Å². The Hall–Kier alpha value is -1.38. The largest absolute Gasteiger partial charge is 0.336 e. The molecule has 1 fully saturated rings. The Balaban J connectivity index is 2.10. The first-order valence-corrected chi connectivity index (χ1v) is 6.68. The monoisotopic (exact) mass is 246 g/mol. The van der Waals surface area contributed by atoms with Gasteiger partial charge in [-0.1, -0.05) is 20.8 Å². The van der Waals surface area contributed by atoms with Crippen LogP contribution in [0.5, 0.6) is 0 Å². The van der Waals surface area contributed by atoms with Crippen molar-refractivity contribution in [3.63, 3.8) is 0 Å². The second-order valence-corrected chi connectivity index (χ2v) is 6.30. The van der Waals surface area contributed by atoms with Crippen LogP contribution in [-0.2, 0) is 0 Å². The van der Waals surface area contributed by atoms with Crippen LogP contribution in [0.4, 0.5) is 0 Å². The summed E-state index contributed by atoms with van der Waals surface area (Å²) < 4.78 is 0. The minimum absolute atomic E-state index is 0.157. The van der Waals surface area contributed by atoms with Crippen molar-refractivity contribution in [2.45, 2.75) is 46.1 Å². The first-order valence-electron chi connectivity index (χ1n) is 6.68. The van der Waals surface area contributed by atoms with E-state index in [2.05, 4.69) is 25.8 Å². The van der Waals surface area contributed by atoms with Crippen molar-refractivity contribution in [1.82, 2.24) is 9.88 Å². The first-order chi connectivity index (χ1) is 8.47. The van der Waals surface area contributed by atoms with Crippen molar-refractivity contribution in [3.8, 4) is 0 Å². The van der Waals surface area contributed by atoms with Gasteiger partial charge in [-0.25, -0.2) is 0 Å². The third kappa shape index (κ3) is 3.09. The van der Waals surface area contributed by atoms with Crippen molar-refractivity contribution in [1.29, 1.82) is 0 Å². The lowest BCUT2D eigenvalue weighted by Gasteiger charge is -2.30. The highest BCUT2D eigenvalue weighted by atomic mass is 16.2. The van der Waals surface area contributed by atoms with E-state index in [0.717, 1.165) is 31.4 Å². The number of nitrogens with zero attached hydrogens (tertiary/aromatic N) is 2. The standard InChI is InChI=1S/C15H22N2O/c1-15(2,3)11-13-5-4-10-17(13)14(18)12-6-8-16-9-7-12/h6-9,13H,4-5,10-11H2,1-3H3. The lowest BCUT2D eigenvalue weighted by Crippen LogP contribution is -2.37. The van der Waals surface area contributed by atoms with Crippen LogP contribution in [0.3, 0.4) is 0 Å². The fraction of sp³-hybridized carbons (Fsp3) is 0.600. The summed E-state index contributed by atoms with van der Waals surface area (Å²) >= 11 is 0. The molecule has 2 heterocycles. The Kier molecular flexibility index (Phi) is 3.69. The molecule has 0 bridgehead atoms. The van der Waals surface area contributed by atoms with Gasteiger partial charge in [0.25, 0.3) is 5.91 Å². The molecule has 3 heteroatoms. The van der Waals surface area contributed by atoms with Crippen LogP contribution in [0.2, 0.25) is 0 Å². The SMILES string of the molecule is CC(C)(C)CC1CCCN1C(=O)c1ccncc1. The highest BCUT2D eigenvalue weighted by Crippen LogP contribution is 2.30. The number of likely N-dealkylation sites (tertiary alicyclic amines) is 1. The summed E-state index contributed by atoms with van der Waals surface area (Å²) in [5.74, 6) is 0.157. The van der Waals surface area contributed by atoms with Crippen molar-refractivity contribution in [2.24, 2.45) is 5.41 Å². The van der Waals surface area contributed by atoms with Crippen LogP contribution in [-0.4, -0.2) is 28.4 Å². The predicted octanol–water partition coefficient (Wildman–Crippen LogP) is 3.12. The third-order valence-corrected chi connectivity index (χ3v) is 3.41. The summed E-state index contributed by atoms with van der Waals surface area (Å²) in [6.07, 6.45) is 6.69. The van der Waals surface area contributed by atoms with Gasteiger partial charge in [-0.15, -0.1) is 0 Å². The second kappa shape index (κ2) is 5.09. The van der Waals surface area contributed by atoms with E-state index in [1.807, 2.05) is 4.90 Å². The molecule has 3 nitrogen and oxygen atoms in total. The highest BCUT2D eigenvalue weighted by Gasteiger charge is 2.32. The Morgan fingerprint density at radius 2 is 2.06 bits per heavy atom. The van der Waals surface area contributed by atoms with E-state index in [-0.39, 0.29) is 11.3 Å². The van der Waals surface area contributed by atoms with E-state index in [1.54, 1.807) is 24.5 Å². The fourth-order valence-corrected chi connectivity index (χ4v) is 2.68. The average Bonchev–Trinajstić information content (AvgIpc) is 2.75. The molecule has 0 N–H and O–H groups in total. The zero-order chi connectivity index (χ0) is 13.2. The molecule has 2 rings (SSSR count). The predicted molar refractivity (Wildman–Crippen MR) is 72.4 cm³/mol. The highest BCUT2D eigenvalue weighted by molar-refractivity contribution is 5.94. The molecular formula is C15H22N2O. The molecular weight excluding hydrogens is 224 g/mol. The number of pyridine rings is 1. The van der Waals surface area contributed by atoms with E-state index in [4.69, 9.17) is 0 Å². The molecule has 1 aliphatic heterocycles. The van der Waals surface area contributed by atoms with Crippen LogP contribution < -0.4 is 0 Å². The summed E-state index contributed by atoms with van der Waals surface area (Å²) in [4.78, 5) is 18.4. The molecule has 1 unspecified atom stereocenters. The maximum absolute atomic E-state index is 12.4. The van der Waals surface area contributed by atoms with Gasteiger partial charge >= 0.3 is 0 Å². The molecule has 0 saturated carbocycles. The minimum atomic E-state index is 0.157. The maximum Gasteiger partial charge on any atom is 0.254 e. The summed E-state index contributed by atoms with van der Waals surface area (Å²) in [5, 5.41) is 0. The van der Waals surface area contributed by atoms with Crippen LogP contribution in [0.25, 0.3) is 0 Å². The second-order valence-electron chi connectivity index (χ2n) is 6.30. The number of carbonyl (C=O) groups excluding carboxylic acids is 1. The van der Waals surface area contributed by atoms with Crippen molar-refractivity contribution >= 4 is 5.91 Å². The molecule has 1 aromatic heterocycles. The molecule has 1 aliphatic rings. The Morgan fingerprint density at radius 3 is 2.67 bits per heavy atom. The topological polar surface area (TPSA) is 33.2 Å². The molecule has 1 atom stereocenters. The molecule has 0 spiro atoms. The van der Waals surface area contributed by atoms with Crippen LogP contribution in [0.15, 0.2) is 24.5 Å². The van der Waals surface area contributed by atoms with Gasteiger partial charge in [-0.05, 0) is 36.8 Å². The normalized spacial score (nSPS) is 20.2. The molecule has 0 radical (unpaired) electrons. The lowest BCUT2D eigenvalue weighted by molar-refractivity contribution is 0.0704. The van der Waals surface area contributed by atoms with E-state index >= 15 is 0 Å². The number of hydrogen-bond acceptors (Lipinski definition) is 2. The van der Waals surface area contributed by atoms with Gasteiger partial charge in [0.15, 0.2) is 0 Å². The molecule has 1 saturated heterocycles. The Morgan fingerprint density at radius 1 is 1.39 bits per heavy atom. The van der Waals surface area contributed by atoms with Gasteiger partial charge in [-0.3, -0.25) is 9.78 Å². The van der Waals surface area contributed by atoms with Gasteiger partial charge in [0.1, 0.15) is 0 Å². The van der Waals surface area contributed by atoms with Crippen LogP contribution >= 0.6 is 0 Å². The van der Waals surface area contributed by atoms with E-state index in [9.17, 15) is 4.79 Å². The van der Waals surface area contributed by atoms with E-state index in [0.29, 0.717) is 6.04 Å². The molecule has 1 aromatic rings. The van der Waals surface area contributed by atoms with Crippen LogP contribution in [0, 0.1) is 5.41 Å². The third-order valence-electron chi connectivity index (χ3n) is 3.41. The first kappa shape index (κ1) is 13.1. The molecule has 0 aliphatic carbocycles. The van der Waals surface area contributed by atoms with Gasteiger partial charge in [0.05, 0.1) is 0 Å². The smallest absolute Gasteiger partial charge is 0.254 e. The molecule has 0 aromatic carbocycles. The van der Waals surface area contributed by atoms with E-state index < -0.39 is 0 Å². The average molecular weight is 246 g/mol.